The van der Waals surface area contributed by atoms with Crippen molar-refractivity contribution >= 4 is 29.9 Å². The molecular weight excluding hydrogens is 529 g/mol. The predicted molar refractivity (Wildman–Crippen MR) is 143 cm³/mol. The summed E-state index contributed by atoms with van der Waals surface area (Å²) in [6, 6.07) is 4.58. The summed E-state index contributed by atoms with van der Waals surface area (Å²) in [4.78, 5) is 11.5. The molecule has 0 amide bonds. The van der Waals surface area contributed by atoms with E-state index in [1.807, 2.05) is 19.3 Å². The van der Waals surface area contributed by atoms with Crippen molar-refractivity contribution in [3.63, 3.8) is 0 Å². The van der Waals surface area contributed by atoms with Crippen LogP contribution in [0, 0.1) is 11.8 Å². The molecule has 8 heteroatoms. The van der Waals surface area contributed by atoms with Crippen molar-refractivity contribution in [1.82, 2.24) is 20.5 Å². The number of rotatable bonds is 7. The average molecular weight is 572 g/mol. The molecule has 186 valence electrons. The number of halogens is 1. The Morgan fingerprint density at radius 3 is 2.67 bits per heavy atom. The van der Waals surface area contributed by atoms with Gasteiger partial charge in [-0.1, -0.05) is 6.92 Å². The molecule has 0 spiro atoms. The number of ether oxygens (including phenoxy) is 2. The minimum absolute atomic E-state index is 0. The highest BCUT2D eigenvalue weighted by Gasteiger charge is 2.24. The Labute approximate surface area is 216 Å². The number of likely N-dealkylation sites (tertiary alicyclic amines) is 1. The van der Waals surface area contributed by atoms with Crippen LogP contribution in [0.2, 0.25) is 0 Å². The molecule has 0 aromatic carbocycles. The SMILES string of the molecule is CN=C(NCc1ccnc(OC2CCC(C)CC2)c1)NC1CCN(CC2CCOC2)CC1.I. The van der Waals surface area contributed by atoms with Gasteiger partial charge in [0.15, 0.2) is 5.96 Å². The van der Waals surface area contributed by atoms with E-state index in [2.05, 4.69) is 38.5 Å². The van der Waals surface area contributed by atoms with E-state index in [1.165, 1.54) is 25.8 Å². The van der Waals surface area contributed by atoms with E-state index >= 15 is 0 Å². The van der Waals surface area contributed by atoms with Crippen molar-refractivity contribution in [3.05, 3.63) is 23.9 Å². The molecule has 3 fully saturated rings. The van der Waals surface area contributed by atoms with Gasteiger partial charge in [-0.05, 0) is 68.4 Å². The van der Waals surface area contributed by atoms with Crippen LogP contribution in [0.3, 0.4) is 0 Å². The Bertz CT molecular complexity index is 727. The highest BCUT2D eigenvalue weighted by Crippen LogP contribution is 2.26. The Morgan fingerprint density at radius 2 is 1.97 bits per heavy atom. The van der Waals surface area contributed by atoms with E-state index in [0.29, 0.717) is 18.7 Å². The van der Waals surface area contributed by atoms with Crippen LogP contribution in [-0.4, -0.2) is 67.9 Å². The monoisotopic (exact) mass is 571 g/mol. The maximum atomic E-state index is 6.16. The molecule has 1 aromatic rings. The van der Waals surface area contributed by atoms with E-state index in [4.69, 9.17) is 9.47 Å². The fraction of sp³-hybridized carbons (Fsp3) is 0.760. The third kappa shape index (κ3) is 8.55. The maximum absolute atomic E-state index is 6.16. The van der Waals surface area contributed by atoms with E-state index in [1.54, 1.807) is 0 Å². The van der Waals surface area contributed by atoms with Gasteiger partial charge in [-0.15, -0.1) is 24.0 Å². The van der Waals surface area contributed by atoms with Gasteiger partial charge in [0.2, 0.25) is 5.88 Å². The van der Waals surface area contributed by atoms with Gasteiger partial charge < -0.3 is 25.0 Å². The summed E-state index contributed by atoms with van der Waals surface area (Å²) >= 11 is 0. The number of hydrogen-bond acceptors (Lipinski definition) is 5. The van der Waals surface area contributed by atoms with Crippen LogP contribution in [0.25, 0.3) is 0 Å². The van der Waals surface area contributed by atoms with Crippen LogP contribution in [0.4, 0.5) is 0 Å². The van der Waals surface area contributed by atoms with E-state index in [-0.39, 0.29) is 24.0 Å². The largest absolute Gasteiger partial charge is 0.474 e. The minimum atomic E-state index is 0. The number of hydrogen-bond donors (Lipinski definition) is 2. The first-order valence-corrected chi connectivity index (χ1v) is 12.6. The summed E-state index contributed by atoms with van der Waals surface area (Å²) in [6.45, 7) is 8.40. The summed E-state index contributed by atoms with van der Waals surface area (Å²) < 4.78 is 11.7. The molecule has 2 N–H and O–H groups in total. The van der Waals surface area contributed by atoms with Crippen LogP contribution in [0.5, 0.6) is 5.88 Å². The van der Waals surface area contributed by atoms with Gasteiger partial charge in [0.25, 0.3) is 0 Å². The van der Waals surface area contributed by atoms with Crippen molar-refractivity contribution in [2.45, 2.75) is 70.6 Å². The van der Waals surface area contributed by atoms with Gasteiger partial charge in [0.1, 0.15) is 6.10 Å². The van der Waals surface area contributed by atoms with E-state index in [0.717, 1.165) is 81.2 Å². The third-order valence-electron chi connectivity index (χ3n) is 7.20. The lowest BCUT2D eigenvalue weighted by atomic mass is 9.89. The van der Waals surface area contributed by atoms with E-state index < -0.39 is 0 Å². The van der Waals surface area contributed by atoms with Gasteiger partial charge >= 0.3 is 0 Å². The standard InChI is InChI=1S/C25H41N5O2.HI/c1-19-3-5-23(6-4-19)32-24-15-20(7-11-27-24)16-28-25(26-2)29-22-8-12-30(13-9-22)17-21-10-14-31-18-21;/h7,11,15,19,21-23H,3-6,8-10,12-14,16-18H2,1-2H3,(H2,26,28,29);1H. The van der Waals surface area contributed by atoms with Gasteiger partial charge in [0, 0.05) is 58.1 Å². The first-order valence-electron chi connectivity index (χ1n) is 12.6. The zero-order chi connectivity index (χ0) is 22.2. The minimum Gasteiger partial charge on any atom is -0.474 e. The van der Waals surface area contributed by atoms with Crippen LogP contribution in [-0.2, 0) is 11.3 Å². The Kier molecular flexibility index (Phi) is 11.0. The second-order valence-electron chi connectivity index (χ2n) is 9.88. The highest BCUT2D eigenvalue weighted by atomic mass is 127. The quantitative estimate of drug-likeness (QED) is 0.295. The number of guanidine groups is 1. The Morgan fingerprint density at radius 1 is 1.18 bits per heavy atom. The summed E-state index contributed by atoms with van der Waals surface area (Å²) in [5.41, 5.74) is 1.16. The number of aromatic nitrogens is 1. The van der Waals surface area contributed by atoms with Crippen LogP contribution in [0.15, 0.2) is 23.3 Å². The predicted octanol–water partition coefficient (Wildman–Crippen LogP) is 3.82. The molecular formula is C25H42IN5O2. The molecule has 33 heavy (non-hydrogen) atoms. The summed E-state index contributed by atoms with van der Waals surface area (Å²) in [5.74, 6) is 3.16. The van der Waals surface area contributed by atoms with Gasteiger partial charge in [0.05, 0.1) is 6.61 Å². The zero-order valence-electron chi connectivity index (χ0n) is 20.3. The van der Waals surface area contributed by atoms with Crippen molar-refractivity contribution in [1.29, 1.82) is 0 Å². The number of nitrogens with zero attached hydrogens (tertiary/aromatic N) is 3. The molecule has 1 saturated carbocycles. The first kappa shape index (κ1) is 26.5. The van der Waals surface area contributed by atoms with Gasteiger partial charge in [-0.3, -0.25) is 4.99 Å². The number of pyridine rings is 1. The summed E-state index contributed by atoms with van der Waals surface area (Å²) in [6.07, 6.45) is 10.5. The molecule has 7 nitrogen and oxygen atoms in total. The van der Waals surface area contributed by atoms with Gasteiger partial charge in [-0.25, -0.2) is 4.98 Å². The lowest BCUT2D eigenvalue weighted by Crippen LogP contribution is -2.49. The topological polar surface area (TPSA) is 71.0 Å². The zero-order valence-corrected chi connectivity index (χ0v) is 22.6. The molecule has 3 heterocycles. The van der Waals surface area contributed by atoms with Crippen LogP contribution in [0.1, 0.15) is 57.4 Å². The lowest BCUT2D eigenvalue weighted by molar-refractivity contribution is 0.130. The second kappa shape index (κ2) is 13.7. The molecule has 1 aliphatic carbocycles. The fourth-order valence-electron chi connectivity index (χ4n) is 5.07. The van der Waals surface area contributed by atoms with E-state index in [9.17, 15) is 0 Å². The molecule has 0 radical (unpaired) electrons. The van der Waals surface area contributed by atoms with Crippen molar-refractivity contribution in [2.75, 3.05) is 39.9 Å². The molecule has 1 atom stereocenters. The fourth-order valence-corrected chi connectivity index (χ4v) is 5.07. The molecule has 3 aliphatic rings. The summed E-state index contributed by atoms with van der Waals surface area (Å²) in [7, 11) is 1.84. The van der Waals surface area contributed by atoms with Crippen molar-refractivity contribution in [2.24, 2.45) is 16.8 Å². The van der Waals surface area contributed by atoms with Crippen molar-refractivity contribution < 1.29 is 9.47 Å². The van der Waals surface area contributed by atoms with Gasteiger partial charge in [-0.2, -0.15) is 0 Å². The molecule has 2 aliphatic heterocycles. The second-order valence-corrected chi connectivity index (χ2v) is 9.88. The molecule has 1 unspecified atom stereocenters. The number of nitrogens with one attached hydrogen (secondary N) is 2. The third-order valence-corrected chi connectivity index (χ3v) is 7.20. The highest BCUT2D eigenvalue weighted by molar-refractivity contribution is 14.0. The number of aliphatic imine (C=N–C) groups is 1. The molecule has 2 saturated heterocycles. The molecule has 4 rings (SSSR count). The van der Waals surface area contributed by atoms with Crippen molar-refractivity contribution in [3.8, 4) is 5.88 Å². The normalized spacial score (nSPS) is 27.1. The molecule has 0 bridgehead atoms. The smallest absolute Gasteiger partial charge is 0.213 e. The first-order chi connectivity index (χ1) is 15.7. The molecule has 1 aromatic heterocycles. The maximum Gasteiger partial charge on any atom is 0.213 e. The Hall–Kier alpha value is -1.13. The average Bonchev–Trinajstić information content (AvgIpc) is 3.33. The Balaban J connectivity index is 0.00000306. The number of piperidine rings is 1. The summed E-state index contributed by atoms with van der Waals surface area (Å²) in [5, 5.41) is 7.08. The lowest BCUT2D eigenvalue weighted by Gasteiger charge is -2.34. The van der Waals surface area contributed by atoms with Crippen LogP contribution >= 0.6 is 24.0 Å². The van der Waals surface area contributed by atoms with Crippen LogP contribution < -0.4 is 15.4 Å².